The standard InChI is InChI=1S/C7H12.C2H6.CH4S/c1-3-5-7-6-4-2;2*1-2/h3,5-7H,4H2,1-2H3;1-2H3;2H,1H3/b5-3-,7-6-;;. The molecule has 0 atom stereocenters. The summed E-state index contributed by atoms with van der Waals surface area (Å²) in [5, 5.41) is 0. The first kappa shape index (κ1) is 17.1. The van der Waals surface area contributed by atoms with Crippen LogP contribution < -0.4 is 0 Å². The molecule has 0 bridgehead atoms. The third kappa shape index (κ3) is 41.1. The number of thiol groups is 1. The lowest BCUT2D eigenvalue weighted by atomic mass is 10.4. The van der Waals surface area contributed by atoms with Gasteiger partial charge in [-0.25, -0.2) is 0 Å². The molecular weight excluding hydrogens is 152 g/mol. The van der Waals surface area contributed by atoms with Gasteiger partial charge in [-0.3, -0.25) is 0 Å². The Morgan fingerprint density at radius 3 is 1.82 bits per heavy atom. The molecule has 0 fully saturated rings. The van der Waals surface area contributed by atoms with Crippen molar-refractivity contribution in [1.82, 2.24) is 0 Å². The van der Waals surface area contributed by atoms with Gasteiger partial charge in [-0.15, -0.1) is 0 Å². The lowest BCUT2D eigenvalue weighted by Gasteiger charge is -1.70. The first-order valence-electron chi connectivity index (χ1n) is 4.14. The summed E-state index contributed by atoms with van der Waals surface area (Å²) >= 11 is 3.53. The maximum atomic E-state index is 3.53. The Kier molecular flexibility index (Phi) is 51.0. The molecule has 1 heteroatoms. The van der Waals surface area contributed by atoms with Gasteiger partial charge in [0.2, 0.25) is 0 Å². The van der Waals surface area contributed by atoms with E-state index in [0.717, 1.165) is 6.42 Å². The van der Waals surface area contributed by atoms with Crippen LogP contribution in [0.1, 0.15) is 34.1 Å². The van der Waals surface area contributed by atoms with Crippen molar-refractivity contribution in [2.45, 2.75) is 34.1 Å². The average Bonchev–Trinajstić information content (AvgIpc) is 2.13. The number of allylic oxidation sites excluding steroid dienone is 4. The van der Waals surface area contributed by atoms with Crippen LogP contribution in [0.25, 0.3) is 0 Å². The minimum atomic E-state index is 1.13. The van der Waals surface area contributed by atoms with Crippen molar-refractivity contribution in [1.29, 1.82) is 0 Å². The topological polar surface area (TPSA) is 0 Å². The molecule has 0 aliphatic heterocycles. The Hall–Kier alpha value is -0.170. The summed E-state index contributed by atoms with van der Waals surface area (Å²) in [5.74, 6) is 0. The zero-order valence-corrected chi connectivity index (χ0v) is 9.36. The van der Waals surface area contributed by atoms with Crippen molar-refractivity contribution in [2.24, 2.45) is 0 Å². The largest absolute Gasteiger partial charge is 0.183 e. The molecule has 0 aliphatic carbocycles. The van der Waals surface area contributed by atoms with Gasteiger partial charge in [0.15, 0.2) is 0 Å². The Morgan fingerprint density at radius 2 is 1.55 bits per heavy atom. The highest BCUT2D eigenvalue weighted by Gasteiger charge is 1.57. The zero-order chi connectivity index (χ0) is 9.54. The van der Waals surface area contributed by atoms with Crippen LogP contribution in [-0.4, -0.2) is 6.26 Å². The molecule has 11 heavy (non-hydrogen) atoms. The van der Waals surface area contributed by atoms with E-state index in [4.69, 9.17) is 0 Å². The molecule has 0 unspecified atom stereocenters. The van der Waals surface area contributed by atoms with Crippen molar-refractivity contribution < 1.29 is 0 Å². The molecule has 68 valence electrons. The SMILES string of the molecule is C/C=C\C=C/CC.CC.CS. The lowest BCUT2D eigenvalue weighted by Crippen LogP contribution is -1.48. The van der Waals surface area contributed by atoms with Gasteiger partial charge < -0.3 is 0 Å². The van der Waals surface area contributed by atoms with E-state index < -0.39 is 0 Å². The molecule has 0 N–H and O–H groups in total. The Balaban J connectivity index is -0.000000138. The fraction of sp³-hybridized carbons (Fsp3) is 0.600. The van der Waals surface area contributed by atoms with Crippen LogP contribution in [0.15, 0.2) is 24.3 Å². The summed E-state index contributed by atoms with van der Waals surface area (Å²) in [7, 11) is 0. The van der Waals surface area contributed by atoms with Crippen LogP contribution in [0.5, 0.6) is 0 Å². The molecule has 0 saturated heterocycles. The smallest absolute Gasteiger partial charge is 0.0215 e. The van der Waals surface area contributed by atoms with Gasteiger partial charge in [-0.1, -0.05) is 45.1 Å². The molecule has 0 nitrogen and oxygen atoms in total. The second-order valence-corrected chi connectivity index (χ2v) is 1.36. The molecule has 0 rings (SSSR count). The van der Waals surface area contributed by atoms with Gasteiger partial charge in [-0.05, 0) is 19.6 Å². The molecule has 0 aromatic carbocycles. The first-order valence-corrected chi connectivity index (χ1v) is 5.03. The van der Waals surface area contributed by atoms with Gasteiger partial charge >= 0.3 is 0 Å². The Labute approximate surface area is 77.8 Å². The molecule has 0 aromatic heterocycles. The quantitative estimate of drug-likeness (QED) is 0.473. The molecule has 0 radical (unpaired) electrons. The van der Waals surface area contributed by atoms with Crippen molar-refractivity contribution >= 4 is 12.6 Å². The summed E-state index contributed by atoms with van der Waals surface area (Å²) < 4.78 is 0. The van der Waals surface area contributed by atoms with Crippen molar-refractivity contribution in [3.8, 4) is 0 Å². The van der Waals surface area contributed by atoms with E-state index in [2.05, 4.69) is 31.7 Å². The molecule has 0 amide bonds. The normalized spacial score (nSPS) is 8.55. The highest BCUT2D eigenvalue weighted by molar-refractivity contribution is 7.79. The second-order valence-electron chi connectivity index (χ2n) is 1.36. The van der Waals surface area contributed by atoms with E-state index in [0.29, 0.717) is 0 Å². The predicted octanol–water partition coefficient (Wildman–Crippen LogP) is 4.10. The highest BCUT2D eigenvalue weighted by atomic mass is 32.1. The van der Waals surface area contributed by atoms with E-state index in [1.54, 1.807) is 6.26 Å². The zero-order valence-electron chi connectivity index (χ0n) is 8.46. The number of rotatable bonds is 2. The molecule has 0 saturated carbocycles. The van der Waals surface area contributed by atoms with Crippen LogP contribution in [0.3, 0.4) is 0 Å². The van der Waals surface area contributed by atoms with E-state index in [1.165, 1.54) is 0 Å². The molecule has 0 aromatic rings. The van der Waals surface area contributed by atoms with E-state index >= 15 is 0 Å². The molecule has 0 aliphatic rings. The van der Waals surface area contributed by atoms with Gasteiger partial charge in [0.1, 0.15) is 0 Å². The van der Waals surface area contributed by atoms with Gasteiger partial charge in [0, 0.05) is 0 Å². The molecular formula is C10H22S. The second kappa shape index (κ2) is 32.9. The van der Waals surface area contributed by atoms with E-state index in [9.17, 15) is 0 Å². The number of hydrogen-bond donors (Lipinski definition) is 1. The molecule has 0 heterocycles. The van der Waals surface area contributed by atoms with Crippen molar-refractivity contribution in [2.75, 3.05) is 6.26 Å². The predicted molar refractivity (Wildman–Crippen MR) is 60.5 cm³/mol. The summed E-state index contributed by atoms with van der Waals surface area (Å²) in [6, 6.07) is 0. The summed E-state index contributed by atoms with van der Waals surface area (Å²) in [5.41, 5.74) is 0. The summed E-state index contributed by atoms with van der Waals surface area (Å²) in [6.07, 6.45) is 11.1. The minimum Gasteiger partial charge on any atom is -0.183 e. The monoisotopic (exact) mass is 174 g/mol. The highest BCUT2D eigenvalue weighted by Crippen LogP contribution is 1.79. The molecule has 0 spiro atoms. The van der Waals surface area contributed by atoms with Crippen LogP contribution in [0, 0.1) is 0 Å². The Bertz CT molecular complexity index is 72.9. The summed E-state index contributed by atoms with van der Waals surface area (Å²) in [6.45, 7) is 8.14. The maximum absolute atomic E-state index is 3.53. The minimum absolute atomic E-state index is 1.13. The number of hydrogen-bond acceptors (Lipinski definition) is 1. The van der Waals surface area contributed by atoms with E-state index in [-0.39, 0.29) is 0 Å². The van der Waals surface area contributed by atoms with Crippen molar-refractivity contribution in [3.05, 3.63) is 24.3 Å². The third-order valence-electron chi connectivity index (χ3n) is 0.675. The Morgan fingerprint density at radius 1 is 1.09 bits per heavy atom. The van der Waals surface area contributed by atoms with Crippen LogP contribution >= 0.6 is 12.6 Å². The summed E-state index contributed by atoms with van der Waals surface area (Å²) in [4.78, 5) is 0. The van der Waals surface area contributed by atoms with E-state index in [1.807, 2.05) is 32.9 Å². The fourth-order valence-corrected chi connectivity index (χ4v) is 0.326. The van der Waals surface area contributed by atoms with Gasteiger partial charge in [0.25, 0.3) is 0 Å². The average molecular weight is 174 g/mol. The van der Waals surface area contributed by atoms with Crippen LogP contribution in [-0.2, 0) is 0 Å². The van der Waals surface area contributed by atoms with Gasteiger partial charge in [0.05, 0.1) is 0 Å². The first-order chi connectivity index (χ1) is 5.41. The lowest BCUT2D eigenvalue weighted by molar-refractivity contribution is 1.22. The van der Waals surface area contributed by atoms with Gasteiger partial charge in [-0.2, -0.15) is 12.6 Å². The van der Waals surface area contributed by atoms with Crippen LogP contribution in [0.4, 0.5) is 0 Å². The van der Waals surface area contributed by atoms with Crippen LogP contribution in [0.2, 0.25) is 0 Å². The maximum Gasteiger partial charge on any atom is -0.0215 e. The fourth-order valence-electron chi connectivity index (χ4n) is 0.326. The van der Waals surface area contributed by atoms with Crippen molar-refractivity contribution in [3.63, 3.8) is 0 Å². The third-order valence-corrected chi connectivity index (χ3v) is 0.675.